The summed E-state index contributed by atoms with van der Waals surface area (Å²) in [6.07, 6.45) is 0.959. The van der Waals surface area contributed by atoms with Crippen molar-refractivity contribution >= 4 is 27.8 Å². The molecule has 0 N–H and O–H groups in total. The lowest BCUT2D eigenvalue weighted by Crippen LogP contribution is -2.13. The fourth-order valence-electron chi connectivity index (χ4n) is 10.3. The lowest BCUT2D eigenvalue weighted by molar-refractivity contribution is 0.817. The molecule has 1 atom stereocenters. The van der Waals surface area contributed by atoms with Gasteiger partial charge in [0.05, 0.1) is 5.69 Å². The van der Waals surface area contributed by atoms with Gasteiger partial charge in [-0.2, -0.15) is 0 Å². The minimum absolute atomic E-state index is 0.315. The first-order valence-electron chi connectivity index (χ1n) is 19.4. The van der Waals surface area contributed by atoms with Gasteiger partial charge in [0, 0.05) is 22.7 Å². The van der Waals surface area contributed by atoms with Crippen molar-refractivity contribution in [1.82, 2.24) is 0 Å². The molecule has 1 unspecified atom stereocenters. The number of anilines is 3. The Labute approximate surface area is 321 Å². The summed E-state index contributed by atoms with van der Waals surface area (Å²) in [5.74, 6) is 0.315. The van der Waals surface area contributed by atoms with Gasteiger partial charge >= 0.3 is 0 Å². The van der Waals surface area contributed by atoms with Crippen molar-refractivity contribution < 1.29 is 0 Å². The van der Waals surface area contributed by atoms with E-state index >= 15 is 0 Å². The van der Waals surface area contributed by atoms with Gasteiger partial charge < -0.3 is 4.90 Å². The molecule has 1 heteroatoms. The van der Waals surface area contributed by atoms with E-state index in [1.807, 2.05) is 0 Å². The van der Waals surface area contributed by atoms with E-state index in [1.54, 1.807) is 0 Å². The zero-order valence-corrected chi connectivity index (χ0v) is 30.2. The summed E-state index contributed by atoms with van der Waals surface area (Å²) >= 11 is 0. The van der Waals surface area contributed by atoms with Crippen LogP contribution < -0.4 is 4.90 Å². The van der Waals surface area contributed by atoms with Crippen LogP contribution in [0, 0.1) is 0 Å². The van der Waals surface area contributed by atoms with Crippen molar-refractivity contribution in [1.29, 1.82) is 0 Å². The molecule has 9 aromatic rings. The van der Waals surface area contributed by atoms with Crippen LogP contribution in [0.3, 0.4) is 0 Å². The quantitative estimate of drug-likeness (QED) is 0.173. The summed E-state index contributed by atoms with van der Waals surface area (Å²) in [7, 11) is 0. The van der Waals surface area contributed by atoms with Gasteiger partial charge in [0.15, 0.2) is 0 Å². The van der Waals surface area contributed by atoms with E-state index in [-0.39, 0.29) is 0 Å². The molecule has 0 spiro atoms. The molecule has 256 valence electrons. The molecule has 55 heavy (non-hydrogen) atoms. The van der Waals surface area contributed by atoms with E-state index in [1.165, 1.54) is 99.9 Å². The molecular formula is C54H35N. The van der Waals surface area contributed by atoms with Gasteiger partial charge in [0.1, 0.15) is 0 Å². The Morgan fingerprint density at radius 3 is 1.60 bits per heavy atom. The summed E-state index contributed by atoms with van der Waals surface area (Å²) in [4.78, 5) is 2.42. The molecule has 0 saturated carbocycles. The Kier molecular flexibility index (Phi) is 6.53. The standard InChI is InChI=1S/C54H35N/c1-5-17-34(18-6-1)48-46-33-45-39-26-14-13-25-38(39)40-27-15-29-42(50(40)45)52(46)49(35-19-7-2-8-20-35)54-44-31-32-47(41-28-16-30-43(51(41)44)53(48)54)55(36-21-9-3-10-22-36)37-23-11-4-12-24-37/h1-32,45H,33H2. The minimum atomic E-state index is 0.315. The van der Waals surface area contributed by atoms with Gasteiger partial charge in [-0.05, 0) is 126 Å². The highest BCUT2D eigenvalue weighted by Crippen LogP contribution is 2.64. The molecule has 0 radical (unpaired) electrons. The van der Waals surface area contributed by atoms with E-state index in [9.17, 15) is 0 Å². The van der Waals surface area contributed by atoms with Gasteiger partial charge in [-0.3, -0.25) is 0 Å². The summed E-state index contributed by atoms with van der Waals surface area (Å²) in [5, 5.41) is 2.58. The predicted octanol–water partition coefficient (Wildman–Crippen LogP) is 14.6. The Hall–Kier alpha value is -6.96. The maximum atomic E-state index is 2.42. The number of benzene rings is 9. The molecule has 3 aliphatic rings. The smallest absolute Gasteiger partial charge is 0.0540 e. The van der Waals surface area contributed by atoms with Crippen LogP contribution in [0.4, 0.5) is 17.1 Å². The SMILES string of the molecule is c1ccc(-c2c3c(c(-c4ccccc4)c4c2-c2cccc5c(N(c6ccccc6)c6ccccc6)ccc-4c25)-c2cccc4c2C(C3)c2ccccc2-4)cc1. The monoisotopic (exact) mass is 697 g/mol. The van der Waals surface area contributed by atoms with Crippen molar-refractivity contribution in [3.63, 3.8) is 0 Å². The highest BCUT2D eigenvalue weighted by atomic mass is 15.1. The van der Waals surface area contributed by atoms with Crippen molar-refractivity contribution in [2.45, 2.75) is 12.3 Å². The predicted molar refractivity (Wildman–Crippen MR) is 230 cm³/mol. The zero-order valence-electron chi connectivity index (χ0n) is 30.2. The van der Waals surface area contributed by atoms with E-state index in [4.69, 9.17) is 0 Å². The number of hydrogen-bond acceptors (Lipinski definition) is 1. The van der Waals surface area contributed by atoms with Crippen LogP contribution in [0.5, 0.6) is 0 Å². The highest BCUT2D eigenvalue weighted by Gasteiger charge is 2.41. The van der Waals surface area contributed by atoms with E-state index in [0.717, 1.165) is 17.8 Å². The summed E-state index contributed by atoms with van der Waals surface area (Å²) in [5.41, 5.74) is 24.0. The average molecular weight is 698 g/mol. The van der Waals surface area contributed by atoms with Gasteiger partial charge in [-0.15, -0.1) is 0 Å². The Bertz CT molecular complexity index is 2940. The largest absolute Gasteiger partial charge is 0.310 e. The maximum Gasteiger partial charge on any atom is 0.0540 e. The van der Waals surface area contributed by atoms with E-state index in [2.05, 4.69) is 199 Å². The first kappa shape index (κ1) is 30.5. The van der Waals surface area contributed by atoms with Gasteiger partial charge in [-0.25, -0.2) is 0 Å². The van der Waals surface area contributed by atoms with Gasteiger partial charge in [-0.1, -0.05) is 164 Å². The van der Waals surface area contributed by atoms with Crippen molar-refractivity contribution in [2.24, 2.45) is 0 Å². The number of rotatable bonds is 5. The van der Waals surface area contributed by atoms with Gasteiger partial charge in [0.2, 0.25) is 0 Å². The second-order valence-electron chi connectivity index (χ2n) is 15.1. The molecule has 0 aromatic heterocycles. The highest BCUT2D eigenvalue weighted by molar-refractivity contribution is 6.26. The van der Waals surface area contributed by atoms with Crippen LogP contribution in [0.2, 0.25) is 0 Å². The molecule has 0 heterocycles. The second-order valence-corrected chi connectivity index (χ2v) is 15.1. The minimum Gasteiger partial charge on any atom is -0.310 e. The number of para-hydroxylation sites is 2. The van der Waals surface area contributed by atoms with Crippen LogP contribution in [0.25, 0.3) is 77.5 Å². The summed E-state index contributed by atoms with van der Waals surface area (Å²) in [6, 6.07) is 71.9. The molecule has 0 aliphatic heterocycles. The third kappa shape index (κ3) is 4.30. The van der Waals surface area contributed by atoms with E-state index in [0.29, 0.717) is 5.92 Å². The summed E-state index contributed by atoms with van der Waals surface area (Å²) < 4.78 is 0. The maximum absolute atomic E-state index is 2.42. The molecule has 3 aliphatic carbocycles. The average Bonchev–Trinajstić information content (AvgIpc) is 3.76. The Balaban J connectivity index is 1.23. The first-order chi connectivity index (χ1) is 27.3. The van der Waals surface area contributed by atoms with Crippen molar-refractivity contribution in [2.75, 3.05) is 4.90 Å². The van der Waals surface area contributed by atoms with Crippen LogP contribution in [-0.2, 0) is 6.42 Å². The third-order valence-electron chi connectivity index (χ3n) is 12.3. The van der Waals surface area contributed by atoms with Crippen molar-refractivity contribution in [3.05, 3.63) is 211 Å². The van der Waals surface area contributed by atoms with Crippen LogP contribution in [0.15, 0.2) is 194 Å². The fourth-order valence-corrected chi connectivity index (χ4v) is 10.3. The molecule has 9 aromatic carbocycles. The summed E-state index contributed by atoms with van der Waals surface area (Å²) in [6.45, 7) is 0. The Morgan fingerprint density at radius 2 is 0.891 bits per heavy atom. The van der Waals surface area contributed by atoms with Crippen LogP contribution in [0.1, 0.15) is 22.6 Å². The lowest BCUT2D eigenvalue weighted by atomic mass is 9.70. The van der Waals surface area contributed by atoms with Crippen LogP contribution in [-0.4, -0.2) is 0 Å². The second kappa shape index (κ2) is 11.8. The molecule has 0 fully saturated rings. The Morgan fingerprint density at radius 1 is 0.364 bits per heavy atom. The zero-order chi connectivity index (χ0) is 36.0. The third-order valence-corrected chi connectivity index (χ3v) is 12.3. The van der Waals surface area contributed by atoms with Crippen molar-refractivity contribution in [3.8, 4) is 66.8 Å². The molecule has 0 saturated heterocycles. The van der Waals surface area contributed by atoms with E-state index < -0.39 is 0 Å². The normalized spacial score (nSPS) is 13.9. The number of fused-ring (bicyclic) bond motifs is 8. The topological polar surface area (TPSA) is 3.24 Å². The molecule has 0 bridgehead atoms. The number of nitrogens with zero attached hydrogens (tertiary/aromatic N) is 1. The molecule has 0 amide bonds. The van der Waals surface area contributed by atoms with Crippen LogP contribution >= 0.6 is 0 Å². The molecular weight excluding hydrogens is 663 g/mol. The lowest BCUT2D eigenvalue weighted by Gasteiger charge is -2.32. The first-order valence-corrected chi connectivity index (χ1v) is 19.4. The fraction of sp³-hybridized carbons (Fsp3) is 0.0370. The molecule has 1 nitrogen and oxygen atoms in total. The van der Waals surface area contributed by atoms with Gasteiger partial charge in [0.25, 0.3) is 0 Å². The molecule has 12 rings (SSSR count). The number of hydrogen-bond donors (Lipinski definition) is 0.